The molecule has 0 amide bonds. The maximum absolute atomic E-state index is 11.7. The van der Waals surface area contributed by atoms with E-state index in [0.717, 1.165) is 18.2 Å². The Bertz CT molecular complexity index is 540. The van der Waals surface area contributed by atoms with Crippen molar-refractivity contribution in [1.82, 2.24) is 9.84 Å². The SMILES string of the molecule is CN(C)NS(=O)(=O)c1ccc([N+](=O)[O-])cc1N. The number of hydrogen-bond donors (Lipinski definition) is 2. The number of rotatable bonds is 4. The van der Waals surface area contributed by atoms with Crippen molar-refractivity contribution < 1.29 is 13.3 Å². The minimum Gasteiger partial charge on any atom is -0.397 e. The zero-order valence-electron chi connectivity index (χ0n) is 9.25. The van der Waals surface area contributed by atoms with Crippen LogP contribution in [0.15, 0.2) is 23.1 Å². The Kier molecular flexibility index (Phi) is 3.66. The first kappa shape index (κ1) is 13.4. The predicted molar refractivity (Wildman–Crippen MR) is 61.5 cm³/mol. The molecule has 0 heterocycles. The van der Waals surface area contributed by atoms with Gasteiger partial charge in [0.2, 0.25) is 0 Å². The van der Waals surface area contributed by atoms with Crippen molar-refractivity contribution in [1.29, 1.82) is 0 Å². The molecule has 0 aliphatic carbocycles. The highest BCUT2D eigenvalue weighted by Crippen LogP contribution is 2.23. The lowest BCUT2D eigenvalue weighted by atomic mass is 10.3. The van der Waals surface area contributed by atoms with E-state index in [0.29, 0.717) is 0 Å². The third kappa shape index (κ3) is 3.12. The molecule has 1 rings (SSSR count). The van der Waals surface area contributed by atoms with Gasteiger partial charge in [-0.1, -0.05) is 0 Å². The number of non-ortho nitro benzene ring substituents is 1. The van der Waals surface area contributed by atoms with E-state index in [-0.39, 0.29) is 16.3 Å². The van der Waals surface area contributed by atoms with Crippen LogP contribution in [0.2, 0.25) is 0 Å². The van der Waals surface area contributed by atoms with E-state index in [9.17, 15) is 18.5 Å². The number of nitro benzene ring substituents is 1. The van der Waals surface area contributed by atoms with Gasteiger partial charge in [-0.15, -0.1) is 4.83 Å². The third-order valence-corrected chi connectivity index (χ3v) is 3.35. The Morgan fingerprint density at radius 2 is 2.00 bits per heavy atom. The van der Waals surface area contributed by atoms with E-state index >= 15 is 0 Å². The number of nitrogen functional groups attached to an aromatic ring is 1. The van der Waals surface area contributed by atoms with Crippen LogP contribution in [0.4, 0.5) is 11.4 Å². The molecule has 0 atom stereocenters. The van der Waals surface area contributed by atoms with Gasteiger partial charge in [0, 0.05) is 26.2 Å². The summed E-state index contributed by atoms with van der Waals surface area (Å²) in [4.78, 5) is 11.8. The van der Waals surface area contributed by atoms with E-state index in [1.165, 1.54) is 19.1 Å². The molecular weight excluding hydrogens is 248 g/mol. The smallest absolute Gasteiger partial charge is 0.271 e. The summed E-state index contributed by atoms with van der Waals surface area (Å²) in [6.07, 6.45) is 0. The molecule has 0 radical (unpaired) electrons. The topological polar surface area (TPSA) is 119 Å². The van der Waals surface area contributed by atoms with Crippen molar-refractivity contribution in [3.05, 3.63) is 28.3 Å². The minimum atomic E-state index is -3.80. The maximum Gasteiger partial charge on any atom is 0.271 e. The Morgan fingerprint density at radius 3 is 2.41 bits per heavy atom. The van der Waals surface area contributed by atoms with Crippen LogP contribution in [-0.2, 0) is 10.0 Å². The Hall–Kier alpha value is -1.71. The quantitative estimate of drug-likeness (QED) is 0.444. The van der Waals surface area contributed by atoms with Gasteiger partial charge < -0.3 is 5.73 Å². The second kappa shape index (κ2) is 4.65. The molecule has 0 saturated heterocycles. The summed E-state index contributed by atoms with van der Waals surface area (Å²) in [5.74, 6) is 0. The first-order valence-corrected chi connectivity index (χ1v) is 5.96. The molecule has 0 unspecified atom stereocenters. The third-order valence-electron chi connectivity index (χ3n) is 1.80. The number of benzene rings is 1. The summed E-state index contributed by atoms with van der Waals surface area (Å²) in [6.45, 7) is 0. The fourth-order valence-electron chi connectivity index (χ4n) is 1.18. The Morgan fingerprint density at radius 1 is 1.41 bits per heavy atom. The number of nitrogens with two attached hydrogens (primary N) is 1. The number of sulfonamides is 1. The highest BCUT2D eigenvalue weighted by molar-refractivity contribution is 7.89. The Balaban J connectivity index is 3.21. The van der Waals surface area contributed by atoms with Crippen LogP contribution in [0.1, 0.15) is 0 Å². The van der Waals surface area contributed by atoms with Gasteiger partial charge in [-0.05, 0) is 6.07 Å². The van der Waals surface area contributed by atoms with Gasteiger partial charge in [0.1, 0.15) is 4.90 Å². The average molecular weight is 260 g/mol. The first-order chi connectivity index (χ1) is 7.74. The molecule has 0 aromatic heterocycles. The first-order valence-electron chi connectivity index (χ1n) is 4.48. The normalized spacial score (nSPS) is 11.7. The lowest BCUT2D eigenvalue weighted by molar-refractivity contribution is -0.384. The molecule has 17 heavy (non-hydrogen) atoms. The number of nitro groups is 1. The minimum absolute atomic E-state index is 0.173. The van der Waals surface area contributed by atoms with Crippen LogP contribution in [0.25, 0.3) is 0 Å². The average Bonchev–Trinajstić information content (AvgIpc) is 2.14. The van der Waals surface area contributed by atoms with E-state index in [2.05, 4.69) is 4.83 Å². The summed E-state index contributed by atoms with van der Waals surface area (Å²) in [5, 5.41) is 11.7. The zero-order valence-corrected chi connectivity index (χ0v) is 10.1. The monoisotopic (exact) mass is 260 g/mol. The van der Waals surface area contributed by atoms with Crippen molar-refractivity contribution in [2.24, 2.45) is 0 Å². The second-order valence-electron chi connectivity index (χ2n) is 3.47. The number of hydrazine groups is 1. The summed E-state index contributed by atoms with van der Waals surface area (Å²) < 4.78 is 23.5. The molecular formula is C8H12N4O4S. The molecule has 0 bridgehead atoms. The molecule has 9 heteroatoms. The lowest BCUT2D eigenvalue weighted by Crippen LogP contribution is -2.36. The van der Waals surface area contributed by atoms with Crippen molar-refractivity contribution in [3.63, 3.8) is 0 Å². The molecule has 1 aromatic rings. The molecule has 0 aliphatic heterocycles. The van der Waals surface area contributed by atoms with Crippen LogP contribution < -0.4 is 10.6 Å². The van der Waals surface area contributed by atoms with Crippen molar-refractivity contribution >= 4 is 21.4 Å². The van der Waals surface area contributed by atoms with Gasteiger partial charge in [-0.3, -0.25) is 10.1 Å². The van der Waals surface area contributed by atoms with Crippen molar-refractivity contribution in [3.8, 4) is 0 Å². The molecule has 0 spiro atoms. The van der Waals surface area contributed by atoms with E-state index in [1.807, 2.05) is 0 Å². The number of hydrogen-bond acceptors (Lipinski definition) is 6. The van der Waals surface area contributed by atoms with Crippen molar-refractivity contribution in [2.75, 3.05) is 19.8 Å². The van der Waals surface area contributed by atoms with E-state index < -0.39 is 14.9 Å². The summed E-state index contributed by atoms with van der Waals surface area (Å²) in [5.41, 5.74) is 5.05. The summed E-state index contributed by atoms with van der Waals surface area (Å²) >= 11 is 0. The maximum atomic E-state index is 11.7. The number of nitrogens with one attached hydrogen (secondary N) is 1. The largest absolute Gasteiger partial charge is 0.397 e. The van der Waals surface area contributed by atoms with Gasteiger partial charge in [0.05, 0.1) is 10.6 Å². The Labute approximate surface area is 98.2 Å². The van der Waals surface area contributed by atoms with Gasteiger partial charge in [0.25, 0.3) is 15.7 Å². The molecule has 0 fully saturated rings. The molecule has 1 aromatic carbocycles. The number of anilines is 1. The molecule has 3 N–H and O–H groups in total. The van der Waals surface area contributed by atoms with Crippen LogP contribution in [0.5, 0.6) is 0 Å². The van der Waals surface area contributed by atoms with Crippen molar-refractivity contribution in [2.45, 2.75) is 4.90 Å². The zero-order chi connectivity index (χ0) is 13.2. The van der Waals surface area contributed by atoms with Gasteiger partial charge in [0.15, 0.2) is 0 Å². The molecule has 0 aliphatic rings. The fourth-order valence-corrected chi connectivity index (χ4v) is 2.38. The molecule has 8 nitrogen and oxygen atoms in total. The molecule has 0 saturated carbocycles. The fraction of sp³-hybridized carbons (Fsp3) is 0.250. The van der Waals surface area contributed by atoms with Crippen LogP contribution in [0.3, 0.4) is 0 Å². The highest BCUT2D eigenvalue weighted by Gasteiger charge is 2.20. The van der Waals surface area contributed by atoms with Crippen LogP contribution in [0, 0.1) is 10.1 Å². The van der Waals surface area contributed by atoms with Gasteiger partial charge >= 0.3 is 0 Å². The lowest BCUT2D eigenvalue weighted by Gasteiger charge is -2.13. The summed E-state index contributed by atoms with van der Waals surface area (Å²) in [6, 6.07) is 3.18. The van der Waals surface area contributed by atoms with Gasteiger partial charge in [-0.2, -0.15) is 0 Å². The standard InChI is InChI=1S/C8H12N4O4S/c1-11(2)10-17(15,16)8-4-3-6(12(13)14)5-7(8)9/h3-5,10H,9H2,1-2H3. The second-order valence-corrected chi connectivity index (χ2v) is 5.10. The highest BCUT2D eigenvalue weighted by atomic mass is 32.2. The summed E-state index contributed by atoms with van der Waals surface area (Å²) in [7, 11) is -0.806. The number of nitrogens with zero attached hydrogens (tertiary/aromatic N) is 2. The van der Waals surface area contributed by atoms with Crippen LogP contribution >= 0.6 is 0 Å². The van der Waals surface area contributed by atoms with E-state index in [4.69, 9.17) is 5.73 Å². The predicted octanol–water partition coefficient (Wildman–Crippen LogP) is -0.0681. The van der Waals surface area contributed by atoms with E-state index in [1.54, 1.807) is 0 Å². The van der Waals surface area contributed by atoms with Crippen LogP contribution in [-0.4, -0.2) is 32.4 Å². The van der Waals surface area contributed by atoms with Gasteiger partial charge in [-0.25, -0.2) is 13.4 Å². The molecule has 94 valence electrons.